The number of para-hydroxylation sites is 1. The molecule has 0 spiro atoms. The maximum Gasteiger partial charge on any atom is 0.243 e. The highest BCUT2D eigenvalue weighted by Crippen LogP contribution is 2.29. The third kappa shape index (κ3) is 5.39. The fourth-order valence-corrected chi connectivity index (χ4v) is 5.28. The second-order valence-corrected chi connectivity index (χ2v) is 8.32. The number of nitrogens with zero attached hydrogens (tertiary/aromatic N) is 1. The number of methoxy groups -OCH3 is 1. The van der Waals surface area contributed by atoms with Crippen molar-refractivity contribution >= 4 is 25.5 Å². The molecule has 1 unspecified atom stereocenters. The Labute approximate surface area is 165 Å². The summed E-state index contributed by atoms with van der Waals surface area (Å²) in [5, 5.41) is 0. The van der Waals surface area contributed by atoms with Crippen LogP contribution in [0.4, 0.5) is 0 Å². The summed E-state index contributed by atoms with van der Waals surface area (Å²) in [5.41, 5.74) is 1.13. The Bertz CT molecular complexity index is 800. The lowest BCUT2D eigenvalue weighted by Gasteiger charge is -2.35. The Balaban J connectivity index is 0.00000126. The summed E-state index contributed by atoms with van der Waals surface area (Å²) in [6.07, 6.45) is 4.55. The maximum atomic E-state index is 13.0. The molecule has 27 heavy (non-hydrogen) atoms. The van der Waals surface area contributed by atoms with E-state index in [0.29, 0.717) is 11.4 Å². The molecule has 0 aliphatic carbocycles. The highest BCUT2D eigenvalue weighted by molar-refractivity contribution is 7.89. The predicted octanol–water partition coefficient (Wildman–Crippen LogP) is 2.31. The van der Waals surface area contributed by atoms with E-state index in [0.717, 1.165) is 43.4 Å². The summed E-state index contributed by atoms with van der Waals surface area (Å²) in [5.74, 6) is 0.871. The fraction of sp³-hybridized carbons (Fsp3) is 0.400. The van der Waals surface area contributed by atoms with Crippen LogP contribution in [0.2, 0.25) is 0 Å². The molecule has 2 radical (unpaired) electrons. The van der Waals surface area contributed by atoms with Crippen LogP contribution in [-0.4, -0.2) is 47.9 Å². The molecule has 3 rings (SSSR count). The van der Waals surface area contributed by atoms with E-state index in [1.807, 2.05) is 24.3 Å². The molecule has 2 aromatic rings. The third-order valence-electron chi connectivity index (χ3n) is 4.86. The van der Waals surface area contributed by atoms with Crippen LogP contribution >= 0.6 is 0 Å². The molecule has 1 heterocycles. The van der Waals surface area contributed by atoms with Gasteiger partial charge in [0, 0.05) is 12.6 Å². The van der Waals surface area contributed by atoms with Crippen LogP contribution in [-0.2, 0) is 16.4 Å². The summed E-state index contributed by atoms with van der Waals surface area (Å²) in [6.45, 7) is 0.605. The van der Waals surface area contributed by atoms with Crippen LogP contribution in [0.1, 0.15) is 31.2 Å². The van der Waals surface area contributed by atoms with Gasteiger partial charge in [-0.1, -0.05) is 50.6 Å². The van der Waals surface area contributed by atoms with E-state index in [1.165, 1.54) is 0 Å². The molecular formula is C20H28B2NO3S-. The number of aryl methyl sites for hydroxylation is 1. The lowest BCUT2D eigenvalue weighted by molar-refractivity contribution is 0.240. The molecule has 4 nitrogen and oxygen atoms in total. The van der Waals surface area contributed by atoms with Crippen molar-refractivity contribution in [3.8, 4) is 5.75 Å². The average molecular weight is 384 g/mol. The zero-order chi connectivity index (χ0) is 19.7. The SMILES string of the molecule is COc1ccccc1CCC1CCCCN1S(=O)(=O)c1ccccc1.[B][BH3-]. The normalized spacial score (nSPS) is 17.6. The van der Waals surface area contributed by atoms with Gasteiger partial charge in [0.2, 0.25) is 10.0 Å². The molecule has 144 valence electrons. The van der Waals surface area contributed by atoms with E-state index in [2.05, 4.69) is 6.07 Å². The van der Waals surface area contributed by atoms with Gasteiger partial charge in [0.15, 0.2) is 0 Å². The minimum absolute atomic E-state index is 0.0452. The van der Waals surface area contributed by atoms with Crippen LogP contribution < -0.4 is 4.74 Å². The Kier molecular flexibility index (Phi) is 8.45. The van der Waals surface area contributed by atoms with Crippen molar-refractivity contribution in [2.75, 3.05) is 13.7 Å². The molecule has 1 fully saturated rings. The van der Waals surface area contributed by atoms with Gasteiger partial charge in [0.05, 0.1) is 12.0 Å². The molecule has 0 aromatic heterocycles. The van der Waals surface area contributed by atoms with Crippen LogP contribution in [0.15, 0.2) is 59.5 Å². The number of hydrogen-bond donors (Lipinski definition) is 0. The minimum Gasteiger partial charge on any atom is -0.496 e. The number of piperidine rings is 1. The molecule has 1 saturated heterocycles. The molecule has 0 bridgehead atoms. The molecule has 1 atom stereocenters. The largest absolute Gasteiger partial charge is 0.496 e. The molecule has 2 aromatic carbocycles. The molecule has 7 heteroatoms. The van der Waals surface area contributed by atoms with Gasteiger partial charge < -0.3 is 4.74 Å². The van der Waals surface area contributed by atoms with Crippen molar-refractivity contribution < 1.29 is 13.2 Å². The Morgan fingerprint density at radius 3 is 2.44 bits per heavy atom. The monoisotopic (exact) mass is 384 g/mol. The van der Waals surface area contributed by atoms with E-state index >= 15 is 0 Å². The third-order valence-corrected chi connectivity index (χ3v) is 6.83. The standard InChI is InChI=1S/C20H25NO3S.B2H3/c1-24-20-13-6-5-9-17(20)14-15-18-10-7-8-16-21(18)25(22,23)19-11-3-2-4-12-19;1-2/h2-6,9,11-13,18H,7-8,10,14-16H2,1H3;1H3/q;-1. The smallest absolute Gasteiger partial charge is 0.243 e. The summed E-state index contributed by atoms with van der Waals surface area (Å²) in [6, 6.07) is 16.8. The number of ether oxygens (including phenoxy) is 1. The van der Waals surface area contributed by atoms with Crippen LogP contribution in [0.3, 0.4) is 0 Å². The van der Waals surface area contributed by atoms with Crippen LogP contribution in [0, 0.1) is 0 Å². The summed E-state index contributed by atoms with van der Waals surface area (Å²) in [4.78, 5) is 0.388. The van der Waals surface area contributed by atoms with Crippen molar-refractivity contribution in [2.24, 2.45) is 0 Å². The number of sulfonamides is 1. The van der Waals surface area contributed by atoms with Gasteiger partial charge in [-0.3, -0.25) is 0 Å². The lowest BCUT2D eigenvalue weighted by Crippen LogP contribution is -2.43. The van der Waals surface area contributed by atoms with Gasteiger partial charge in [0.1, 0.15) is 5.75 Å². The van der Waals surface area contributed by atoms with E-state index in [-0.39, 0.29) is 13.8 Å². The van der Waals surface area contributed by atoms with Crippen molar-refractivity contribution in [2.45, 2.75) is 43.0 Å². The summed E-state index contributed by atoms with van der Waals surface area (Å²) < 4.78 is 33.2. The number of hydrogen-bond acceptors (Lipinski definition) is 3. The molecule has 0 N–H and O–H groups in total. The van der Waals surface area contributed by atoms with Crippen molar-refractivity contribution in [3.63, 3.8) is 0 Å². The highest BCUT2D eigenvalue weighted by Gasteiger charge is 2.33. The number of rotatable bonds is 6. The van der Waals surface area contributed by atoms with E-state index < -0.39 is 10.0 Å². The van der Waals surface area contributed by atoms with Crippen molar-refractivity contribution in [1.29, 1.82) is 0 Å². The second kappa shape index (κ2) is 10.6. The first kappa shape index (κ1) is 21.6. The predicted molar refractivity (Wildman–Crippen MR) is 115 cm³/mol. The zero-order valence-electron chi connectivity index (χ0n) is 15.2. The quantitative estimate of drug-likeness (QED) is 0.719. The van der Waals surface area contributed by atoms with E-state index in [1.54, 1.807) is 35.7 Å². The molecule has 1 aliphatic rings. The van der Waals surface area contributed by atoms with Gasteiger partial charge in [-0.25, -0.2) is 8.42 Å². The second-order valence-electron chi connectivity index (χ2n) is 6.43. The molecule has 1 aliphatic heterocycles. The molecule has 0 saturated carbocycles. The van der Waals surface area contributed by atoms with Gasteiger partial charge in [-0.15, -0.1) is 0 Å². The van der Waals surface area contributed by atoms with Crippen molar-refractivity contribution in [1.82, 2.24) is 4.31 Å². The first-order valence-electron chi connectivity index (χ1n) is 8.81. The van der Waals surface area contributed by atoms with Gasteiger partial charge >= 0.3 is 0 Å². The maximum absolute atomic E-state index is 13.0. The van der Waals surface area contributed by atoms with Crippen molar-refractivity contribution in [3.05, 3.63) is 60.2 Å². The first-order chi connectivity index (χ1) is 13.1. The van der Waals surface area contributed by atoms with E-state index in [9.17, 15) is 8.42 Å². The van der Waals surface area contributed by atoms with E-state index in [4.69, 9.17) is 12.5 Å². The Hall–Kier alpha value is -1.72. The fourth-order valence-electron chi connectivity index (χ4n) is 3.54. The Morgan fingerprint density at radius 1 is 1.07 bits per heavy atom. The molecule has 0 amide bonds. The van der Waals surface area contributed by atoms with Gasteiger partial charge in [-0.2, -0.15) is 12.0 Å². The van der Waals surface area contributed by atoms with Gasteiger partial charge in [-0.05, 0) is 49.4 Å². The summed E-state index contributed by atoms with van der Waals surface area (Å²) in [7, 11) is 3.24. The Morgan fingerprint density at radius 2 is 1.74 bits per heavy atom. The zero-order valence-corrected chi connectivity index (χ0v) is 16.0. The van der Waals surface area contributed by atoms with Gasteiger partial charge in [0.25, 0.3) is 0 Å². The lowest BCUT2D eigenvalue weighted by atomic mass is 9.81. The van der Waals surface area contributed by atoms with Crippen LogP contribution in [0.25, 0.3) is 0 Å². The average Bonchev–Trinajstić information content (AvgIpc) is 2.74. The first-order valence-corrected chi connectivity index (χ1v) is 10.3. The minimum atomic E-state index is -3.43. The highest BCUT2D eigenvalue weighted by atomic mass is 32.2. The molecular weight excluding hydrogens is 356 g/mol. The number of benzene rings is 2. The van der Waals surface area contributed by atoms with Crippen LogP contribution in [0.5, 0.6) is 5.75 Å². The topological polar surface area (TPSA) is 46.6 Å². The summed E-state index contributed by atoms with van der Waals surface area (Å²) >= 11 is 0.